The Hall–Kier alpha value is -2.96. The van der Waals surface area contributed by atoms with E-state index in [4.69, 9.17) is 13.8 Å². The molecule has 4 rings (SSSR count). The Balaban J connectivity index is 1.47. The number of aryl methyl sites for hydroxylation is 2. The molecule has 0 radical (unpaired) electrons. The van der Waals surface area contributed by atoms with Gasteiger partial charge in [0.1, 0.15) is 5.76 Å². The number of unbranched alkanes of at least 4 members (excludes halogenated alkanes) is 1. The Morgan fingerprint density at radius 1 is 1.12 bits per heavy atom. The van der Waals surface area contributed by atoms with Crippen molar-refractivity contribution in [1.82, 2.24) is 15.3 Å². The number of carbonyl (C=O) groups is 1. The minimum atomic E-state index is -0.119. The lowest BCUT2D eigenvalue weighted by atomic mass is 9.77. The molecule has 7 nitrogen and oxygen atoms in total. The molecule has 1 aliphatic carbocycles. The van der Waals surface area contributed by atoms with Crippen LogP contribution in [0.4, 0.5) is 0 Å². The minimum Gasteiger partial charge on any atom is -0.466 e. The van der Waals surface area contributed by atoms with Crippen molar-refractivity contribution in [2.24, 2.45) is 5.41 Å². The van der Waals surface area contributed by atoms with Crippen LogP contribution in [0.1, 0.15) is 74.5 Å². The summed E-state index contributed by atoms with van der Waals surface area (Å²) >= 11 is 0. The summed E-state index contributed by atoms with van der Waals surface area (Å²) in [7, 11) is 0. The number of ether oxygens (including phenoxy) is 1. The maximum atomic E-state index is 11.5. The summed E-state index contributed by atoms with van der Waals surface area (Å²) in [6.07, 6.45) is 6.02. The average Bonchev–Trinajstić information content (AvgIpc) is 3.38. The van der Waals surface area contributed by atoms with Gasteiger partial charge in [0.05, 0.1) is 6.61 Å². The van der Waals surface area contributed by atoms with Crippen molar-refractivity contribution in [3.05, 3.63) is 40.1 Å². The predicted molar refractivity (Wildman–Crippen MR) is 125 cm³/mol. The molecule has 1 aromatic carbocycles. The first kappa shape index (κ1) is 23.2. The highest BCUT2D eigenvalue weighted by Crippen LogP contribution is 2.39. The number of fused-ring (bicyclic) bond motifs is 1. The summed E-state index contributed by atoms with van der Waals surface area (Å²) in [5.74, 6) is 1.78. The van der Waals surface area contributed by atoms with Gasteiger partial charge in [-0.05, 0) is 87.1 Å². The molecule has 1 aliphatic rings. The number of carbonyl (C=O) groups excluding carboxylic acids is 1. The van der Waals surface area contributed by atoms with Gasteiger partial charge in [0.2, 0.25) is 5.82 Å². The van der Waals surface area contributed by atoms with Gasteiger partial charge in [-0.3, -0.25) is 4.79 Å². The van der Waals surface area contributed by atoms with Gasteiger partial charge in [0, 0.05) is 24.0 Å². The SMILES string of the molecule is CCOC(=O)CCCCc1c(C)cc(-c2noc(-c3noc4c3CCC(C)(C)C4)n2)cc1C. The van der Waals surface area contributed by atoms with E-state index in [1.807, 2.05) is 6.92 Å². The largest absolute Gasteiger partial charge is 0.466 e. The van der Waals surface area contributed by atoms with Crippen LogP contribution in [0.5, 0.6) is 0 Å². The van der Waals surface area contributed by atoms with Crippen LogP contribution >= 0.6 is 0 Å². The number of rotatable bonds is 8. The Kier molecular flexibility index (Phi) is 6.68. The van der Waals surface area contributed by atoms with E-state index in [0.29, 0.717) is 30.4 Å². The van der Waals surface area contributed by atoms with Crippen LogP contribution in [0, 0.1) is 19.3 Å². The van der Waals surface area contributed by atoms with Crippen LogP contribution < -0.4 is 0 Å². The molecule has 33 heavy (non-hydrogen) atoms. The standard InChI is InChI=1S/C26H33N3O4/c1-6-31-22(30)10-8-7-9-19-16(2)13-18(14-17(19)3)24-27-25(33-29-24)23-20-11-12-26(4,5)15-21(20)32-28-23/h13-14H,6-12,15H2,1-5H3. The van der Waals surface area contributed by atoms with Crippen molar-refractivity contribution in [1.29, 1.82) is 0 Å². The highest BCUT2D eigenvalue weighted by molar-refractivity contribution is 5.69. The molecule has 2 aromatic heterocycles. The van der Waals surface area contributed by atoms with E-state index in [0.717, 1.165) is 55.4 Å². The second kappa shape index (κ2) is 9.49. The van der Waals surface area contributed by atoms with E-state index >= 15 is 0 Å². The number of esters is 1. The molecule has 0 fully saturated rings. The molecule has 0 spiro atoms. The van der Waals surface area contributed by atoms with Crippen molar-refractivity contribution in [3.8, 4) is 23.0 Å². The third-order valence-corrected chi connectivity index (χ3v) is 6.51. The molecule has 2 heterocycles. The van der Waals surface area contributed by atoms with Gasteiger partial charge in [-0.1, -0.05) is 24.2 Å². The summed E-state index contributed by atoms with van der Waals surface area (Å²) < 4.78 is 16.2. The quantitative estimate of drug-likeness (QED) is 0.316. The predicted octanol–water partition coefficient (Wildman–Crippen LogP) is 5.80. The highest BCUT2D eigenvalue weighted by Gasteiger charge is 2.32. The van der Waals surface area contributed by atoms with Gasteiger partial charge in [0.15, 0.2) is 5.69 Å². The lowest BCUT2D eigenvalue weighted by molar-refractivity contribution is -0.143. The third kappa shape index (κ3) is 5.18. The van der Waals surface area contributed by atoms with Gasteiger partial charge < -0.3 is 13.8 Å². The number of hydrogen-bond acceptors (Lipinski definition) is 7. The van der Waals surface area contributed by atoms with Crippen LogP contribution in [0.15, 0.2) is 21.2 Å². The zero-order valence-corrected chi connectivity index (χ0v) is 20.3. The van der Waals surface area contributed by atoms with Gasteiger partial charge in [-0.2, -0.15) is 4.98 Å². The van der Waals surface area contributed by atoms with Crippen LogP contribution in [-0.4, -0.2) is 27.9 Å². The summed E-state index contributed by atoms with van der Waals surface area (Å²) in [6, 6.07) is 4.20. The van der Waals surface area contributed by atoms with E-state index in [9.17, 15) is 4.79 Å². The summed E-state index contributed by atoms with van der Waals surface area (Å²) in [4.78, 5) is 16.2. The number of aromatic nitrogens is 3. The average molecular weight is 452 g/mol. The number of hydrogen-bond donors (Lipinski definition) is 0. The fraction of sp³-hybridized carbons (Fsp3) is 0.538. The van der Waals surface area contributed by atoms with Crippen LogP contribution in [0.25, 0.3) is 23.0 Å². The summed E-state index contributed by atoms with van der Waals surface area (Å²) in [5.41, 5.74) is 6.59. The van der Waals surface area contributed by atoms with Crippen molar-refractivity contribution >= 4 is 5.97 Å². The lowest BCUT2D eigenvalue weighted by Crippen LogP contribution is -2.21. The molecule has 0 saturated carbocycles. The molecule has 0 atom stereocenters. The summed E-state index contributed by atoms with van der Waals surface area (Å²) in [5, 5.41) is 8.48. The van der Waals surface area contributed by atoms with Gasteiger partial charge in [-0.25, -0.2) is 0 Å². The Bertz CT molecular complexity index is 1120. The van der Waals surface area contributed by atoms with E-state index in [2.05, 4.69) is 55.1 Å². The Morgan fingerprint density at radius 3 is 2.61 bits per heavy atom. The maximum absolute atomic E-state index is 11.5. The zero-order valence-electron chi connectivity index (χ0n) is 20.3. The number of benzene rings is 1. The fourth-order valence-electron chi connectivity index (χ4n) is 4.65. The lowest BCUT2D eigenvalue weighted by Gasteiger charge is -2.27. The summed E-state index contributed by atoms with van der Waals surface area (Å²) in [6.45, 7) is 11.0. The smallest absolute Gasteiger partial charge is 0.305 e. The van der Waals surface area contributed by atoms with E-state index in [1.165, 1.54) is 16.7 Å². The van der Waals surface area contributed by atoms with Gasteiger partial charge in [0.25, 0.3) is 5.89 Å². The highest BCUT2D eigenvalue weighted by atomic mass is 16.5. The van der Waals surface area contributed by atoms with E-state index in [1.54, 1.807) is 0 Å². The zero-order chi connectivity index (χ0) is 23.6. The molecule has 0 N–H and O–H groups in total. The second-order valence-electron chi connectivity index (χ2n) is 9.80. The fourth-order valence-corrected chi connectivity index (χ4v) is 4.65. The van der Waals surface area contributed by atoms with Crippen molar-refractivity contribution in [3.63, 3.8) is 0 Å². The third-order valence-electron chi connectivity index (χ3n) is 6.51. The van der Waals surface area contributed by atoms with E-state index in [-0.39, 0.29) is 11.4 Å². The first-order chi connectivity index (χ1) is 15.8. The van der Waals surface area contributed by atoms with Crippen molar-refractivity contribution < 1.29 is 18.6 Å². The molecule has 0 amide bonds. The van der Waals surface area contributed by atoms with E-state index < -0.39 is 0 Å². The van der Waals surface area contributed by atoms with Crippen LogP contribution in [-0.2, 0) is 28.8 Å². The van der Waals surface area contributed by atoms with Crippen molar-refractivity contribution in [2.75, 3.05) is 6.61 Å². The Morgan fingerprint density at radius 2 is 1.88 bits per heavy atom. The minimum absolute atomic E-state index is 0.119. The molecule has 176 valence electrons. The molecule has 7 heteroatoms. The normalized spacial score (nSPS) is 14.8. The molecule has 3 aromatic rings. The van der Waals surface area contributed by atoms with Gasteiger partial charge in [-0.15, -0.1) is 0 Å². The number of nitrogens with zero attached hydrogens (tertiary/aromatic N) is 3. The molecule has 0 saturated heterocycles. The van der Waals surface area contributed by atoms with Gasteiger partial charge >= 0.3 is 5.97 Å². The topological polar surface area (TPSA) is 91.2 Å². The van der Waals surface area contributed by atoms with Crippen molar-refractivity contribution in [2.45, 2.75) is 79.6 Å². The maximum Gasteiger partial charge on any atom is 0.305 e. The molecule has 0 bridgehead atoms. The van der Waals surface area contributed by atoms with Crippen LogP contribution in [0.3, 0.4) is 0 Å². The Labute approximate surface area is 194 Å². The molecule has 0 aliphatic heterocycles. The second-order valence-corrected chi connectivity index (χ2v) is 9.80. The first-order valence-corrected chi connectivity index (χ1v) is 11.8. The monoisotopic (exact) mass is 451 g/mol. The molecular weight excluding hydrogens is 418 g/mol. The molecular formula is C26H33N3O4. The molecule has 0 unspecified atom stereocenters. The van der Waals surface area contributed by atoms with Crippen LogP contribution in [0.2, 0.25) is 0 Å². The first-order valence-electron chi connectivity index (χ1n) is 11.8.